The minimum absolute atomic E-state index is 0.0171. The predicted octanol–water partition coefficient (Wildman–Crippen LogP) is 4.69. The zero-order chi connectivity index (χ0) is 22.3. The molecular weight excluding hydrogens is 400 g/mol. The Morgan fingerprint density at radius 3 is 2.56 bits per heavy atom. The van der Waals surface area contributed by atoms with Crippen LogP contribution in [-0.4, -0.2) is 27.6 Å². The van der Waals surface area contributed by atoms with E-state index in [9.17, 15) is 4.79 Å². The molecule has 0 radical (unpaired) electrons. The summed E-state index contributed by atoms with van der Waals surface area (Å²) < 4.78 is 7.36. The number of carbonyl (C=O) groups excluding carboxylic acids is 1. The van der Waals surface area contributed by atoms with Crippen molar-refractivity contribution in [2.75, 3.05) is 7.11 Å². The van der Waals surface area contributed by atoms with Crippen LogP contribution in [0.3, 0.4) is 0 Å². The molecule has 2 aromatic heterocycles. The van der Waals surface area contributed by atoms with E-state index in [1.54, 1.807) is 13.3 Å². The number of carbonyl (C=O) groups is 1. The van der Waals surface area contributed by atoms with Crippen molar-refractivity contribution in [2.24, 2.45) is 0 Å². The summed E-state index contributed by atoms with van der Waals surface area (Å²) in [5, 5.41) is 3.16. The Bertz CT molecular complexity index is 1170. The number of amides is 1. The molecule has 1 amide bonds. The first kappa shape index (κ1) is 21.6. The first-order valence-corrected chi connectivity index (χ1v) is 10.9. The van der Waals surface area contributed by atoms with Gasteiger partial charge in [-0.2, -0.15) is 0 Å². The second-order valence-corrected chi connectivity index (χ2v) is 7.75. The van der Waals surface area contributed by atoms with Crippen LogP contribution in [-0.2, 0) is 17.8 Å². The highest BCUT2D eigenvalue weighted by atomic mass is 16.5. The third-order valence-electron chi connectivity index (χ3n) is 5.60. The summed E-state index contributed by atoms with van der Waals surface area (Å²) in [5.74, 6) is 1.71. The molecule has 0 saturated heterocycles. The fraction of sp³-hybridized carbons (Fsp3) is 0.269. The molecule has 6 heteroatoms. The highest BCUT2D eigenvalue weighted by Crippen LogP contribution is 2.20. The number of pyridine rings is 1. The molecule has 0 aliphatic carbocycles. The second-order valence-electron chi connectivity index (χ2n) is 7.75. The van der Waals surface area contributed by atoms with Gasteiger partial charge in [-0.1, -0.05) is 49.4 Å². The molecule has 1 N–H and O–H groups in total. The van der Waals surface area contributed by atoms with E-state index >= 15 is 0 Å². The number of fused-ring (bicyclic) bond motifs is 1. The van der Waals surface area contributed by atoms with Gasteiger partial charge in [0.25, 0.3) is 0 Å². The summed E-state index contributed by atoms with van der Waals surface area (Å²) >= 11 is 0. The first-order chi connectivity index (χ1) is 15.7. The van der Waals surface area contributed by atoms with E-state index in [0.29, 0.717) is 19.4 Å². The minimum atomic E-state index is 0.0171. The van der Waals surface area contributed by atoms with Crippen molar-refractivity contribution in [1.29, 1.82) is 0 Å². The Morgan fingerprint density at radius 1 is 1.06 bits per heavy atom. The molecule has 6 nitrogen and oxygen atoms in total. The molecule has 0 bridgehead atoms. The lowest BCUT2D eigenvalue weighted by Gasteiger charge is -2.17. The van der Waals surface area contributed by atoms with E-state index in [2.05, 4.69) is 21.8 Å². The summed E-state index contributed by atoms with van der Waals surface area (Å²) in [5.41, 5.74) is 3.91. The van der Waals surface area contributed by atoms with Crippen LogP contribution in [0.15, 0.2) is 72.9 Å². The summed E-state index contributed by atoms with van der Waals surface area (Å²) in [7, 11) is 1.66. The van der Waals surface area contributed by atoms with Crippen LogP contribution in [0.4, 0.5) is 0 Å². The van der Waals surface area contributed by atoms with Crippen molar-refractivity contribution in [3.05, 3.63) is 89.9 Å². The maximum Gasteiger partial charge on any atom is 0.220 e. The zero-order valence-electron chi connectivity index (χ0n) is 18.5. The zero-order valence-corrected chi connectivity index (χ0v) is 18.5. The number of hydrogen-bond acceptors (Lipinski definition) is 4. The third-order valence-corrected chi connectivity index (χ3v) is 5.60. The lowest BCUT2D eigenvalue weighted by Crippen LogP contribution is -2.28. The van der Waals surface area contributed by atoms with Gasteiger partial charge >= 0.3 is 0 Å². The smallest absolute Gasteiger partial charge is 0.220 e. The van der Waals surface area contributed by atoms with Crippen molar-refractivity contribution in [3.63, 3.8) is 0 Å². The standard InChI is InChI=1S/C26H28N4O2/c1-3-22(20-8-5-4-6-9-20)29-25(31)16-15-24-28-23-10-7-17-27-26(23)30(24)18-19-11-13-21(32-2)14-12-19/h4-14,17,22H,3,15-16,18H2,1-2H3,(H,29,31)/t22-/m0/s1. The number of aryl methyl sites for hydroxylation is 1. The average Bonchev–Trinajstić information content (AvgIpc) is 3.19. The molecule has 0 saturated carbocycles. The third kappa shape index (κ3) is 4.97. The van der Waals surface area contributed by atoms with Crippen LogP contribution in [0.2, 0.25) is 0 Å². The SMILES string of the molecule is CC[C@H](NC(=O)CCc1nc2cccnc2n1Cc1ccc(OC)cc1)c1ccccc1. The number of aromatic nitrogens is 3. The highest BCUT2D eigenvalue weighted by Gasteiger charge is 2.16. The van der Waals surface area contributed by atoms with Gasteiger partial charge in [-0.25, -0.2) is 9.97 Å². The predicted molar refractivity (Wildman–Crippen MR) is 126 cm³/mol. The maximum absolute atomic E-state index is 12.7. The number of rotatable bonds is 9. The van der Waals surface area contributed by atoms with Crippen LogP contribution < -0.4 is 10.1 Å². The van der Waals surface area contributed by atoms with Gasteiger partial charge in [0, 0.05) is 19.0 Å². The molecule has 0 aliphatic rings. The Labute approximate surface area is 188 Å². The number of benzene rings is 2. The Hall–Kier alpha value is -3.67. The normalized spacial score (nSPS) is 11.9. The number of nitrogens with zero attached hydrogens (tertiary/aromatic N) is 3. The quantitative estimate of drug-likeness (QED) is 0.420. The van der Waals surface area contributed by atoms with Crippen LogP contribution in [0.5, 0.6) is 5.75 Å². The fourth-order valence-corrected chi connectivity index (χ4v) is 3.87. The van der Waals surface area contributed by atoms with Gasteiger partial charge in [0.1, 0.15) is 17.1 Å². The molecule has 1 atom stereocenters. The van der Waals surface area contributed by atoms with E-state index in [4.69, 9.17) is 9.72 Å². The van der Waals surface area contributed by atoms with Gasteiger partial charge < -0.3 is 14.6 Å². The molecule has 2 heterocycles. The summed E-state index contributed by atoms with van der Waals surface area (Å²) in [6, 6.07) is 21.9. The molecule has 164 valence electrons. The largest absolute Gasteiger partial charge is 0.497 e. The second kappa shape index (κ2) is 10.1. The fourth-order valence-electron chi connectivity index (χ4n) is 3.87. The summed E-state index contributed by atoms with van der Waals surface area (Å²) in [4.78, 5) is 22.0. The lowest BCUT2D eigenvalue weighted by molar-refractivity contribution is -0.121. The summed E-state index contributed by atoms with van der Waals surface area (Å²) in [6.45, 7) is 2.72. The summed E-state index contributed by atoms with van der Waals surface area (Å²) in [6.07, 6.45) is 3.53. The molecule has 0 aliphatic heterocycles. The number of methoxy groups -OCH3 is 1. The Morgan fingerprint density at radius 2 is 1.84 bits per heavy atom. The van der Waals surface area contributed by atoms with Crippen molar-refractivity contribution in [2.45, 2.75) is 38.8 Å². The average molecular weight is 429 g/mol. The number of ether oxygens (including phenoxy) is 1. The van der Waals surface area contributed by atoms with E-state index in [-0.39, 0.29) is 11.9 Å². The van der Waals surface area contributed by atoms with Crippen molar-refractivity contribution >= 4 is 17.1 Å². The minimum Gasteiger partial charge on any atom is -0.497 e. The van der Waals surface area contributed by atoms with Gasteiger partial charge in [0.15, 0.2) is 5.65 Å². The van der Waals surface area contributed by atoms with Crippen LogP contribution >= 0.6 is 0 Å². The molecular formula is C26H28N4O2. The molecule has 0 unspecified atom stereocenters. The number of imidazole rings is 1. The van der Waals surface area contributed by atoms with E-state index < -0.39 is 0 Å². The molecule has 0 fully saturated rings. The number of hydrogen-bond donors (Lipinski definition) is 1. The van der Waals surface area contributed by atoms with Crippen molar-refractivity contribution in [3.8, 4) is 5.75 Å². The first-order valence-electron chi connectivity index (χ1n) is 10.9. The van der Waals surface area contributed by atoms with Crippen LogP contribution in [0, 0.1) is 0 Å². The van der Waals surface area contributed by atoms with Crippen molar-refractivity contribution in [1.82, 2.24) is 19.9 Å². The monoisotopic (exact) mass is 428 g/mol. The van der Waals surface area contributed by atoms with E-state index in [0.717, 1.165) is 40.3 Å². The molecule has 2 aromatic carbocycles. The molecule has 0 spiro atoms. The van der Waals surface area contributed by atoms with E-state index in [1.165, 1.54) is 0 Å². The Kier molecular flexibility index (Phi) is 6.80. The van der Waals surface area contributed by atoms with E-state index in [1.807, 2.05) is 66.7 Å². The van der Waals surface area contributed by atoms with Crippen LogP contribution in [0.25, 0.3) is 11.2 Å². The molecule has 4 aromatic rings. The highest BCUT2D eigenvalue weighted by molar-refractivity contribution is 5.77. The van der Waals surface area contributed by atoms with Crippen molar-refractivity contribution < 1.29 is 9.53 Å². The van der Waals surface area contributed by atoms with Gasteiger partial charge in [-0.05, 0) is 41.8 Å². The van der Waals surface area contributed by atoms with Gasteiger partial charge in [0.05, 0.1) is 19.7 Å². The van der Waals surface area contributed by atoms with Crippen LogP contribution in [0.1, 0.15) is 42.8 Å². The maximum atomic E-state index is 12.7. The van der Waals surface area contributed by atoms with Gasteiger partial charge in [0.2, 0.25) is 5.91 Å². The number of nitrogens with one attached hydrogen (secondary N) is 1. The molecule has 32 heavy (non-hydrogen) atoms. The lowest BCUT2D eigenvalue weighted by atomic mass is 10.0. The van der Waals surface area contributed by atoms with Gasteiger partial charge in [-0.15, -0.1) is 0 Å². The van der Waals surface area contributed by atoms with Gasteiger partial charge in [-0.3, -0.25) is 4.79 Å². The Balaban J connectivity index is 1.49. The molecule has 4 rings (SSSR count). The topological polar surface area (TPSA) is 69.0 Å².